The molecule has 2 saturated heterocycles. The van der Waals surface area contributed by atoms with Crippen LogP contribution in [0.25, 0.3) is 10.9 Å². The van der Waals surface area contributed by atoms with Crippen LogP contribution >= 0.6 is 0 Å². The molecule has 3 heterocycles. The topological polar surface area (TPSA) is 110 Å². The summed E-state index contributed by atoms with van der Waals surface area (Å²) >= 11 is 0. The van der Waals surface area contributed by atoms with Crippen molar-refractivity contribution in [3.8, 4) is 0 Å². The molecule has 4 rings (SSSR count). The van der Waals surface area contributed by atoms with Crippen molar-refractivity contribution in [3.05, 3.63) is 36.0 Å². The van der Waals surface area contributed by atoms with Crippen molar-refractivity contribution in [1.82, 2.24) is 20.3 Å². The lowest BCUT2D eigenvalue weighted by Gasteiger charge is -2.39. The first-order valence-electron chi connectivity index (χ1n) is 16.9. The van der Waals surface area contributed by atoms with Gasteiger partial charge in [0.15, 0.2) is 5.78 Å². The Labute approximate surface area is 262 Å². The third-order valence-corrected chi connectivity index (χ3v) is 9.67. The van der Waals surface area contributed by atoms with Crippen molar-refractivity contribution in [3.63, 3.8) is 0 Å². The van der Waals surface area contributed by atoms with Crippen molar-refractivity contribution in [2.24, 2.45) is 11.8 Å². The Hall–Kier alpha value is -3.36. The van der Waals surface area contributed by atoms with E-state index in [0.717, 1.165) is 48.6 Å². The molecule has 0 aliphatic carbocycles. The number of carbonyl (C=O) groups is 4. The zero-order valence-electron chi connectivity index (χ0n) is 27.1. The van der Waals surface area contributed by atoms with Gasteiger partial charge in [0.05, 0.1) is 11.6 Å². The van der Waals surface area contributed by atoms with Crippen LogP contribution in [-0.2, 0) is 25.6 Å². The van der Waals surface area contributed by atoms with Crippen molar-refractivity contribution in [2.45, 2.75) is 122 Å². The summed E-state index contributed by atoms with van der Waals surface area (Å²) in [5.74, 6) is -1.58. The predicted molar refractivity (Wildman–Crippen MR) is 172 cm³/mol. The summed E-state index contributed by atoms with van der Waals surface area (Å²) in [5.41, 5.74) is 1.71. The van der Waals surface area contributed by atoms with Gasteiger partial charge < -0.3 is 20.4 Å². The molecule has 9 heteroatoms. The molecule has 2 aliphatic heterocycles. The fraction of sp³-hybridized carbons (Fsp3) is 0.657. The number of nitrogens with one attached hydrogen (secondary N) is 2. The Balaban J connectivity index is 1.67. The van der Waals surface area contributed by atoms with Gasteiger partial charge in [0.2, 0.25) is 17.7 Å². The second-order valence-electron chi connectivity index (χ2n) is 12.8. The van der Waals surface area contributed by atoms with Crippen molar-refractivity contribution >= 4 is 34.4 Å². The van der Waals surface area contributed by atoms with E-state index in [4.69, 9.17) is 4.84 Å². The van der Waals surface area contributed by atoms with E-state index in [9.17, 15) is 19.2 Å². The molecule has 1 aromatic carbocycles. The fourth-order valence-electron chi connectivity index (χ4n) is 6.77. The number of hydrogen-bond donors (Lipinski definition) is 2. The number of para-hydroxylation sites is 1. The lowest BCUT2D eigenvalue weighted by molar-refractivity contribution is -0.147. The number of fused-ring (bicyclic) bond motifs is 2. The van der Waals surface area contributed by atoms with E-state index in [-0.39, 0.29) is 42.3 Å². The maximum atomic E-state index is 14.1. The van der Waals surface area contributed by atoms with Gasteiger partial charge in [-0.1, -0.05) is 83.9 Å². The first kappa shape index (κ1) is 33.5. The summed E-state index contributed by atoms with van der Waals surface area (Å²) in [6.45, 7) is 6.62. The predicted octanol–water partition coefficient (Wildman–Crippen LogP) is 4.98. The first-order chi connectivity index (χ1) is 21.3. The minimum atomic E-state index is -0.920. The van der Waals surface area contributed by atoms with Crippen LogP contribution in [-0.4, -0.2) is 64.9 Å². The van der Waals surface area contributed by atoms with Gasteiger partial charge in [-0.2, -0.15) is 4.73 Å². The number of ketones is 1. The molecule has 0 spiro atoms. The van der Waals surface area contributed by atoms with E-state index in [1.54, 1.807) is 16.7 Å². The fourth-order valence-corrected chi connectivity index (χ4v) is 6.77. The maximum Gasteiger partial charge on any atom is 0.246 e. The van der Waals surface area contributed by atoms with Crippen LogP contribution in [0.4, 0.5) is 0 Å². The van der Waals surface area contributed by atoms with Crippen LogP contribution in [0.3, 0.4) is 0 Å². The van der Waals surface area contributed by atoms with E-state index in [1.165, 1.54) is 19.3 Å². The molecular formula is C35H52N4O5. The highest BCUT2D eigenvalue weighted by molar-refractivity contribution is 5.98. The summed E-state index contributed by atoms with van der Waals surface area (Å²) in [7, 11) is 1.58. The van der Waals surface area contributed by atoms with Gasteiger partial charge in [0.25, 0.3) is 0 Å². The highest BCUT2D eigenvalue weighted by Gasteiger charge is 2.40. The van der Waals surface area contributed by atoms with E-state index in [2.05, 4.69) is 17.6 Å². The Bertz CT molecular complexity index is 1290. The number of benzene rings is 1. The smallest absolute Gasteiger partial charge is 0.246 e. The summed E-state index contributed by atoms with van der Waals surface area (Å²) in [5, 5.41) is 7.00. The SMILES string of the molecule is CCCCCCCC[C@@H]1CC(=O)[C@H]2CCCCN2C(=O)[C@H](C(C)CC)NC(=O)[C@H](Cc2cn(OC)c3ccccc23)NC1=O. The number of carbonyl (C=O) groups excluding carboxylic acids is 4. The molecule has 0 saturated carbocycles. The summed E-state index contributed by atoms with van der Waals surface area (Å²) < 4.78 is 1.65. The third kappa shape index (κ3) is 8.02. The van der Waals surface area contributed by atoms with Crippen molar-refractivity contribution < 1.29 is 24.0 Å². The molecule has 2 aliphatic rings. The lowest BCUT2D eigenvalue weighted by atomic mass is 9.87. The minimum Gasteiger partial charge on any atom is -0.417 e. The van der Waals surface area contributed by atoms with Gasteiger partial charge >= 0.3 is 0 Å². The van der Waals surface area contributed by atoms with Gasteiger partial charge in [0, 0.05) is 36.9 Å². The van der Waals surface area contributed by atoms with Crippen LogP contribution in [0.1, 0.15) is 103 Å². The Morgan fingerprint density at radius 2 is 1.70 bits per heavy atom. The van der Waals surface area contributed by atoms with Gasteiger partial charge in [0.1, 0.15) is 19.2 Å². The van der Waals surface area contributed by atoms with Crippen LogP contribution < -0.4 is 15.5 Å². The number of Topliss-reactive ketones (excluding diaryl/α,β-unsaturated/α-hetero) is 1. The normalized spacial score (nSPS) is 24.2. The number of unbranched alkanes of at least 4 members (excludes halogenated alkanes) is 5. The molecular weight excluding hydrogens is 556 g/mol. The third-order valence-electron chi connectivity index (χ3n) is 9.67. The number of amides is 3. The average molecular weight is 609 g/mol. The lowest BCUT2D eigenvalue weighted by Crippen LogP contribution is -2.61. The molecule has 2 fully saturated rings. The van der Waals surface area contributed by atoms with Crippen LogP contribution in [0.15, 0.2) is 30.5 Å². The number of nitrogens with zero attached hydrogens (tertiary/aromatic N) is 2. The molecule has 242 valence electrons. The van der Waals surface area contributed by atoms with Crippen LogP contribution in [0, 0.1) is 11.8 Å². The molecule has 3 amide bonds. The Kier molecular flexibility index (Phi) is 12.3. The standard InChI is InChI=1S/C35H52N4O5/c1-5-7-8-9-10-11-16-25-22-31(40)30-19-14-15-20-38(30)35(43)32(24(3)6-2)37-34(42)28(36-33(25)41)21-26-23-39(44-4)29-18-13-12-17-27(26)29/h12-13,17-18,23-25,28,30,32H,5-11,14-16,19-22H2,1-4H3,(H,36,41)(H,37,42)/t24?,25-,28+,30-,32+/m1/s1. The number of piperidine rings is 1. The summed E-state index contributed by atoms with van der Waals surface area (Å²) in [6.07, 6.45) is 12.2. The zero-order valence-corrected chi connectivity index (χ0v) is 27.1. The summed E-state index contributed by atoms with van der Waals surface area (Å²) in [4.78, 5) is 63.1. The van der Waals surface area contributed by atoms with Gasteiger partial charge in [-0.15, -0.1) is 0 Å². The van der Waals surface area contributed by atoms with Gasteiger partial charge in [-0.25, -0.2) is 0 Å². The highest BCUT2D eigenvalue weighted by Crippen LogP contribution is 2.27. The van der Waals surface area contributed by atoms with E-state index in [1.807, 2.05) is 44.3 Å². The first-order valence-corrected chi connectivity index (χ1v) is 16.9. The zero-order chi connectivity index (χ0) is 31.6. The molecule has 9 nitrogen and oxygen atoms in total. The second-order valence-corrected chi connectivity index (χ2v) is 12.8. The largest absolute Gasteiger partial charge is 0.417 e. The molecule has 1 aromatic heterocycles. The highest BCUT2D eigenvalue weighted by atomic mass is 16.6. The number of aromatic nitrogens is 1. The van der Waals surface area contributed by atoms with Crippen molar-refractivity contribution in [1.29, 1.82) is 0 Å². The molecule has 44 heavy (non-hydrogen) atoms. The summed E-state index contributed by atoms with van der Waals surface area (Å²) in [6, 6.07) is 5.52. The second kappa shape index (κ2) is 16.1. The van der Waals surface area contributed by atoms with E-state index >= 15 is 0 Å². The Morgan fingerprint density at radius 1 is 0.955 bits per heavy atom. The van der Waals surface area contributed by atoms with E-state index in [0.29, 0.717) is 25.8 Å². The monoisotopic (exact) mass is 608 g/mol. The van der Waals surface area contributed by atoms with Crippen LogP contribution in [0.2, 0.25) is 0 Å². The minimum absolute atomic E-state index is 0.0429. The van der Waals surface area contributed by atoms with Gasteiger partial charge in [-0.05, 0) is 43.2 Å². The average Bonchev–Trinajstić information content (AvgIpc) is 3.40. The molecule has 5 atom stereocenters. The molecule has 0 bridgehead atoms. The van der Waals surface area contributed by atoms with E-state index < -0.39 is 24.0 Å². The van der Waals surface area contributed by atoms with Crippen molar-refractivity contribution in [2.75, 3.05) is 13.7 Å². The molecule has 0 radical (unpaired) electrons. The Morgan fingerprint density at radius 3 is 2.45 bits per heavy atom. The maximum absolute atomic E-state index is 14.1. The van der Waals surface area contributed by atoms with Gasteiger partial charge in [-0.3, -0.25) is 19.2 Å². The quantitative estimate of drug-likeness (QED) is 0.331. The number of rotatable bonds is 12. The molecule has 2 aromatic rings. The molecule has 1 unspecified atom stereocenters. The molecule has 2 N–H and O–H groups in total. The van der Waals surface area contributed by atoms with Crippen LogP contribution in [0.5, 0.6) is 0 Å². The number of hydrogen-bond acceptors (Lipinski definition) is 5.